The molecule has 166 valence electrons. The maximum Gasteiger partial charge on any atom is 0.332 e. The van der Waals surface area contributed by atoms with Crippen molar-refractivity contribution < 1.29 is 4.52 Å². The van der Waals surface area contributed by atoms with Crippen LogP contribution in [0.4, 0.5) is 5.95 Å². The Bertz CT molecular complexity index is 1400. The number of nitrogens with zero attached hydrogens (tertiary/aromatic N) is 6. The first kappa shape index (κ1) is 20.3. The molecule has 1 aromatic carbocycles. The van der Waals surface area contributed by atoms with E-state index in [1.165, 1.54) is 17.2 Å². The first-order valence-corrected chi connectivity index (χ1v) is 10.6. The SMILES string of the molecule is Cc1ccc(-c2cc(Cn3c(N4CCNCC4)nc4c3c(=O)n(C)c(=O)n4C)no2)cc1. The highest BCUT2D eigenvalue weighted by molar-refractivity contribution is 5.75. The van der Waals surface area contributed by atoms with Gasteiger partial charge >= 0.3 is 5.69 Å². The quantitative estimate of drug-likeness (QED) is 0.507. The highest BCUT2D eigenvalue weighted by atomic mass is 16.5. The summed E-state index contributed by atoms with van der Waals surface area (Å²) in [5.74, 6) is 1.31. The van der Waals surface area contributed by atoms with E-state index in [1.54, 1.807) is 7.05 Å². The number of imidazole rings is 1. The molecule has 32 heavy (non-hydrogen) atoms. The van der Waals surface area contributed by atoms with Crippen molar-refractivity contribution in [3.8, 4) is 11.3 Å². The molecule has 1 aliphatic rings. The van der Waals surface area contributed by atoms with Crippen molar-refractivity contribution in [1.82, 2.24) is 29.2 Å². The Labute approximate surface area is 183 Å². The van der Waals surface area contributed by atoms with E-state index in [2.05, 4.69) is 15.4 Å². The number of piperazine rings is 1. The molecule has 4 heterocycles. The van der Waals surface area contributed by atoms with E-state index >= 15 is 0 Å². The molecule has 0 spiro atoms. The molecular weight excluding hydrogens is 410 g/mol. The maximum atomic E-state index is 13.1. The highest BCUT2D eigenvalue weighted by Gasteiger charge is 2.24. The van der Waals surface area contributed by atoms with E-state index in [1.807, 2.05) is 41.8 Å². The summed E-state index contributed by atoms with van der Waals surface area (Å²) in [5.41, 5.74) is 2.75. The van der Waals surface area contributed by atoms with Crippen LogP contribution in [-0.4, -0.2) is 50.0 Å². The Morgan fingerprint density at radius 2 is 1.78 bits per heavy atom. The minimum atomic E-state index is -0.401. The molecule has 1 N–H and O–H groups in total. The second kappa shape index (κ2) is 7.79. The molecule has 10 heteroatoms. The summed E-state index contributed by atoms with van der Waals surface area (Å²) in [6, 6.07) is 9.90. The monoisotopic (exact) mass is 435 g/mol. The summed E-state index contributed by atoms with van der Waals surface area (Å²) in [7, 11) is 3.12. The molecule has 0 bridgehead atoms. The molecule has 0 amide bonds. The van der Waals surface area contributed by atoms with Gasteiger partial charge in [-0.15, -0.1) is 0 Å². The van der Waals surface area contributed by atoms with Crippen LogP contribution < -0.4 is 21.5 Å². The van der Waals surface area contributed by atoms with E-state index in [4.69, 9.17) is 9.51 Å². The average molecular weight is 435 g/mol. The van der Waals surface area contributed by atoms with Crippen molar-refractivity contribution in [2.75, 3.05) is 31.1 Å². The molecule has 4 aromatic rings. The van der Waals surface area contributed by atoms with E-state index in [9.17, 15) is 9.59 Å². The van der Waals surface area contributed by atoms with Crippen molar-refractivity contribution in [2.45, 2.75) is 13.5 Å². The van der Waals surface area contributed by atoms with Gasteiger partial charge in [0.15, 0.2) is 16.9 Å². The summed E-state index contributed by atoms with van der Waals surface area (Å²) < 4.78 is 9.96. The molecule has 0 atom stereocenters. The van der Waals surface area contributed by atoms with Crippen LogP contribution in [0.2, 0.25) is 0 Å². The zero-order valence-corrected chi connectivity index (χ0v) is 18.3. The van der Waals surface area contributed by atoms with Gasteiger partial charge in [0, 0.05) is 51.9 Å². The van der Waals surface area contributed by atoms with Crippen molar-refractivity contribution in [1.29, 1.82) is 0 Å². The molecule has 0 aliphatic carbocycles. The van der Waals surface area contributed by atoms with Gasteiger partial charge in [-0.2, -0.15) is 4.98 Å². The molecule has 1 fully saturated rings. The number of hydrogen-bond donors (Lipinski definition) is 1. The normalized spacial score (nSPS) is 14.4. The van der Waals surface area contributed by atoms with E-state index in [0.717, 1.165) is 36.3 Å². The fourth-order valence-corrected chi connectivity index (χ4v) is 4.09. The minimum Gasteiger partial charge on any atom is -0.356 e. The topological polar surface area (TPSA) is 103 Å². The Hall–Kier alpha value is -3.66. The van der Waals surface area contributed by atoms with Crippen LogP contribution in [-0.2, 0) is 20.6 Å². The summed E-state index contributed by atoms with van der Waals surface area (Å²) >= 11 is 0. The highest BCUT2D eigenvalue weighted by Crippen LogP contribution is 2.24. The van der Waals surface area contributed by atoms with Gasteiger partial charge in [0.05, 0.1) is 6.54 Å². The van der Waals surface area contributed by atoms with Gasteiger partial charge in [0.25, 0.3) is 5.56 Å². The predicted octanol–water partition coefficient (Wildman–Crippen LogP) is 0.855. The van der Waals surface area contributed by atoms with Gasteiger partial charge in [-0.1, -0.05) is 35.0 Å². The molecule has 10 nitrogen and oxygen atoms in total. The smallest absolute Gasteiger partial charge is 0.332 e. The Morgan fingerprint density at radius 3 is 2.50 bits per heavy atom. The van der Waals surface area contributed by atoms with Crippen LogP contribution in [0.5, 0.6) is 0 Å². The zero-order valence-electron chi connectivity index (χ0n) is 18.3. The zero-order chi connectivity index (χ0) is 22.4. The fraction of sp³-hybridized carbons (Fsp3) is 0.364. The number of anilines is 1. The molecular formula is C22H25N7O3. The van der Waals surface area contributed by atoms with Gasteiger partial charge in [-0.25, -0.2) is 4.79 Å². The summed E-state index contributed by atoms with van der Waals surface area (Å²) in [5, 5.41) is 7.57. The lowest BCUT2D eigenvalue weighted by Crippen LogP contribution is -2.44. The second-order valence-electron chi connectivity index (χ2n) is 8.16. The van der Waals surface area contributed by atoms with Crippen LogP contribution >= 0.6 is 0 Å². The van der Waals surface area contributed by atoms with Crippen LogP contribution in [0.3, 0.4) is 0 Å². The summed E-state index contributed by atoms with van der Waals surface area (Å²) in [6.45, 7) is 5.49. The molecule has 0 radical (unpaired) electrons. The third-order valence-electron chi connectivity index (χ3n) is 5.94. The minimum absolute atomic E-state index is 0.304. The Morgan fingerprint density at radius 1 is 1.06 bits per heavy atom. The molecule has 0 saturated carbocycles. The van der Waals surface area contributed by atoms with Crippen molar-refractivity contribution in [3.63, 3.8) is 0 Å². The summed E-state index contributed by atoms with van der Waals surface area (Å²) in [6.07, 6.45) is 0. The van der Waals surface area contributed by atoms with Crippen LogP contribution in [0.1, 0.15) is 11.3 Å². The molecule has 1 saturated heterocycles. The van der Waals surface area contributed by atoms with E-state index in [0.29, 0.717) is 35.1 Å². The van der Waals surface area contributed by atoms with Gasteiger partial charge in [-0.05, 0) is 6.92 Å². The first-order valence-electron chi connectivity index (χ1n) is 10.6. The van der Waals surface area contributed by atoms with Gasteiger partial charge < -0.3 is 14.7 Å². The van der Waals surface area contributed by atoms with Crippen molar-refractivity contribution >= 4 is 17.1 Å². The fourth-order valence-electron chi connectivity index (χ4n) is 4.09. The Kier molecular flexibility index (Phi) is 4.93. The standard InChI is InChI=1S/C22H25N7O3/c1-14-4-6-15(7-5-14)17-12-16(25-32-17)13-29-18-19(26(2)22(31)27(3)20(18)30)24-21(29)28-10-8-23-9-11-28/h4-7,12,23H,8-11,13H2,1-3H3. The van der Waals surface area contributed by atoms with Gasteiger partial charge in [0.1, 0.15) is 5.69 Å². The van der Waals surface area contributed by atoms with Crippen LogP contribution in [0, 0.1) is 6.92 Å². The molecule has 1 aliphatic heterocycles. The number of nitrogens with one attached hydrogen (secondary N) is 1. The van der Waals surface area contributed by atoms with Gasteiger partial charge in [0.2, 0.25) is 5.95 Å². The predicted molar refractivity (Wildman–Crippen MR) is 121 cm³/mol. The van der Waals surface area contributed by atoms with Crippen molar-refractivity contribution in [2.24, 2.45) is 14.1 Å². The van der Waals surface area contributed by atoms with Crippen LogP contribution in [0.15, 0.2) is 44.4 Å². The number of aromatic nitrogens is 5. The lowest BCUT2D eigenvalue weighted by Gasteiger charge is -2.28. The lowest BCUT2D eigenvalue weighted by molar-refractivity contribution is 0.421. The maximum absolute atomic E-state index is 13.1. The van der Waals surface area contributed by atoms with Crippen molar-refractivity contribution in [3.05, 3.63) is 62.4 Å². The molecule has 0 unspecified atom stereocenters. The number of hydrogen-bond acceptors (Lipinski definition) is 7. The second-order valence-corrected chi connectivity index (χ2v) is 8.16. The number of benzene rings is 1. The van der Waals surface area contributed by atoms with Gasteiger partial charge in [-0.3, -0.25) is 18.5 Å². The molecule has 3 aromatic heterocycles. The third kappa shape index (κ3) is 3.32. The molecule has 5 rings (SSSR count). The summed E-state index contributed by atoms with van der Waals surface area (Å²) in [4.78, 5) is 32.4. The first-order chi connectivity index (χ1) is 15.4. The number of aryl methyl sites for hydroxylation is 2. The van der Waals surface area contributed by atoms with E-state index in [-0.39, 0.29) is 5.56 Å². The Balaban J connectivity index is 1.63. The number of fused-ring (bicyclic) bond motifs is 1. The largest absolute Gasteiger partial charge is 0.356 e. The average Bonchev–Trinajstić information content (AvgIpc) is 3.43. The lowest BCUT2D eigenvalue weighted by atomic mass is 10.1. The third-order valence-corrected chi connectivity index (χ3v) is 5.94. The number of rotatable bonds is 4. The van der Waals surface area contributed by atoms with Crippen LogP contribution in [0.25, 0.3) is 22.5 Å². The van der Waals surface area contributed by atoms with E-state index < -0.39 is 5.69 Å².